The molecular formula is C58H44BF4N5O2. The molecule has 0 aliphatic rings. The number of hydrogen-bond acceptors (Lipinski definition) is 4. The second-order valence-corrected chi connectivity index (χ2v) is 17.3. The molecule has 0 aliphatic carbocycles. The molecule has 12 aromatic rings. The lowest BCUT2D eigenvalue weighted by Crippen LogP contribution is -2.31. The molecule has 12 heteroatoms. The molecule has 0 saturated carbocycles. The number of pyridine rings is 2. The van der Waals surface area contributed by atoms with E-state index in [-0.39, 0.29) is 44.8 Å². The van der Waals surface area contributed by atoms with Crippen molar-refractivity contribution in [3.05, 3.63) is 206 Å². The van der Waals surface area contributed by atoms with Crippen LogP contribution in [0.25, 0.3) is 94.4 Å². The summed E-state index contributed by atoms with van der Waals surface area (Å²) in [5.74, 6) is 1.74. The zero-order valence-electron chi connectivity index (χ0n) is 50.3. The first kappa shape index (κ1) is 31.5. The Bertz CT molecular complexity index is 4520. The minimum Gasteiger partial charge on any atom is -0.457 e. The Labute approximate surface area is 418 Å². The summed E-state index contributed by atoms with van der Waals surface area (Å²) in [5, 5.41) is 3.05. The minimum absolute atomic E-state index is 0.0628. The quantitative estimate of drug-likeness (QED) is 0.0907. The van der Waals surface area contributed by atoms with Gasteiger partial charge < -0.3 is 26.4 Å². The van der Waals surface area contributed by atoms with Crippen LogP contribution in [0.1, 0.15) is 49.8 Å². The lowest BCUT2D eigenvalue weighted by Gasteiger charge is -2.20. The third-order valence-electron chi connectivity index (χ3n) is 11.8. The molecule has 5 aromatic heterocycles. The van der Waals surface area contributed by atoms with Gasteiger partial charge in [0.1, 0.15) is 34.3 Å². The average Bonchev–Trinajstić information content (AvgIpc) is 2.59. The standard InChI is InChI=1S/C58H44N5O2.BF4/c1-37-25-27-48-49-34-52-53(35-54(49)65-57(48)60-37)61(36-62(52)56-44(38-15-7-5-8-16-38)22-14-23-45(56)39-17-9-6-10-18-39)41-19-13-20-42(32-41)64-43-26-28-47-46-21-11-12-24-50(46)63(51(47)33-43)55-31-40(29-30-59-55)58(2,3)4;2-1(3,4)5/h5-36H,1-4H3;/q+1;-1/i1D3,5D,6D,7D,8D,9D,10D,15D,16D,17D,18D;. The van der Waals surface area contributed by atoms with Gasteiger partial charge in [-0.2, -0.15) is 9.13 Å². The van der Waals surface area contributed by atoms with Crippen molar-refractivity contribution in [2.75, 3.05) is 0 Å². The zero-order chi connectivity index (χ0) is 59.5. The van der Waals surface area contributed by atoms with Crippen molar-refractivity contribution in [1.82, 2.24) is 19.1 Å². The molecule has 7 nitrogen and oxygen atoms in total. The van der Waals surface area contributed by atoms with Gasteiger partial charge >= 0.3 is 7.25 Å². The first-order chi connectivity index (χ1) is 39.1. The van der Waals surface area contributed by atoms with Crippen LogP contribution in [-0.2, 0) is 5.41 Å². The molecule has 0 N–H and O–H groups in total. The van der Waals surface area contributed by atoms with Gasteiger partial charge in [0, 0.05) is 72.9 Å². The largest absolute Gasteiger partial charge is 0.673 e. The van der Waals surface area contributed by atoms with E-state index in [2.05, 4.69) is 48.5 Å². The van der Waals surface area contributed by atoms with Crippen LogP contribution >= 0.6 is 0 Å². The highest BCUT2D eigenvalue weighted by atomic mass is 19.5. The second-order valence-electron chi connectivity index (χ2n) is 17.3. The van der Waals surface area contributed by atoms with E-state index >= 15 is 0 Å². The molecule has 70 heavy (non-hydrogen) atoms. The molecule has 0 unspecified atom stereocenters. The van der Waals surface area contributed by atoms with Gasteiger partial charge in [-0.15, -0.1) is 0 Å². The van der Waals surface area contributed by atoms with Crippen LogP contribution in [0.5, 0.6) is 11.5 Å². The highest BCUT2D eigenvalue weighted by molar-refractivity contribution is 6.50. The van der Waals surface area contributed by atoms with Gasteiger partial charge in [0.2, 0.25) is 5.71 Å². The number of aryl methyl sites for hydroxylation is 1. The predicted molar refractivity (Wildman–Crippen MR) is 273 cm³/mol. The number of furan rings is 1. The molecule has 7 aromatic carbocycles. The van der Waals surface area contributed by atoms with E-state index in [1.165, 1.54) is 6.07 Å². The van der Waals surface area contributed by atoms with E-state index in [9.17, 15) is 22.7 Å². The smallest absolute Gasteiger partial charge is 0.457 e. The monoisotopic (exact) mass is 942 g/mol. The Morgan fingerprint density at radius 1 is 0.657 bits per heavy atom. The molecular weight excluding hydrogens is 885 g/mol. The van der Waals surface area contributed by atoms with Crippen molar-refractivity contribution in [2.45, 2.75) is 33.0 Å². The first-order valence-electron chi connectivity index (χ1n) is 28.3. The highest BCUT2D eigenvalue weighted by Gasteiger charge is 2.28. The third kappa shape index (κ3) is 8.31. The Kier molecular flexibility index (Phi) is 7.76. The molecule has 0 radical (unpaired) electrons. The van der Waals surface area contributed by atoms with E-state index in [1.807, 2.05) is 71.4 Å². The van der Waals surface area contributed by atoms with Crippen LogP contribution in [0.15, 0.2) is 199 Å². The van der Waals surface area contributed by atoms with Gasteiger partial charge in [-0.3, -0.25) is 4.57 Å². The number of ether oxygens (including phenoxy) is 1. The van der Waals surface area contributed by atoms with Crippen LogP contribution in [0, 0.1) is 6.85 Å². The molecule has 0 saturated heterocycles. The van der Waals surface area contributed by atoms with Crippen molar-refractivity contribution in [3.8, 4) is 50.9 Å². The Morgan fingerprint density at radius 3 is 2.04 bits per heavy atom. The van der Waals surface area contributed by atoms with Gasteiger partial charge in [-0.25, -0.2) is 9.97 Å². The van der Waals surface area contributed by atoms with Gasteiger partial charge in [-0.05, 0) is 83.6 Å². The second kappa shape index (κ2) is 17.2. The summed E-state index contributed by atoms with van der Waals surface area (Å²) in [4.78, 5) is 9.21. The SMILES string of the molecule is F[B-](F)(F)F.[2H]c1c([2H])c([2H])c(-c2cccc(-c3c([2H])c([2H])c([2H])c([2H])c3[2H])c2-[n+]2cn(-c3cccc(Oc4ccc5c6ccccc6n(-c6cc(C(C)(C)C)ccn6)c5c4)c3)c3cc4oc5nc(C([2H])([2H])[2H])ccc5c4cc32)c([2H])c1[2H]. The molecule has 0 spiro atoms. The Hall–Kier alpha value is -8.51. The lowest BCUT2D eigenvalue weighted by molar-refractivity contribution is -0.566. The summed E-state index contributed by atoms with van der Waals surface area (Å²) in [6, 6.07) is 31.0. The fourth-order valence-electron chi connectivity index (χ4n) is 8.77. The van der Waals surface area contributed by atoms with E-state index in [0.29, 0.717) is 44.6 Å². The lowest BCUT2D eigenvalue weighted by atomic mass is 9.88. The summed E-state index contributed by atoms with van der Waals surface area (Å²) in [5.41, 5.74) is 4.46. The van der Waals surface area contributed by atoms with Crippen molar-refractivity contribution in [1.29, 1.82) is 0 Å². The van der Waals surface area contributed by atoms with Crippen molar-refractivity contribution < 1.29 is 48.8 Å². The van der Waals surface area contributed by atoms with E-state index < -0.39 is 74.5 Å². The zero-order valence-corrected chi connectivity index (χ0v) is 37.3. The molecule has 0 aliphatic heterocycles. The topological polar surface area (TPSA) is 61.9 Å². The predicted octanol–water partition coefficient (Wildman–Crippen LogP) is 15.7. The molecule has 0 amide bonds. The fourth-order valence-corrected chi connectivity index (χ4v) is 8.77. The maximum absolute atomic E-state index is 9.75. The maximum Gasteiger partial charge on any atom is 0.673 e. The number of halogens is 4. The normalized spacial score (nSPS) is 14.8. The summed E-state index contributed by atoms with van der Waals surface area (Å²) in [6.45, 7) is 3.96. The fraction of sp³-hybridized carbons (Fsp3) is 0.0862. The summed E-state index contributed by atoms with van der Waals surface area (Å²) >= 11 is 0. The number of imidazole rings is 1. The number of rotatable bonds is 7. The number of benzene rings is 7. The van der Waals surface area contributed by atoms with Crippen LogP contribution in [-0.4, -0.2) is 26.4 Å². The number of para-hydroxylation sites is 2. The van der Waals surface area contributed by atoms with Gasteiger partial charge in [0.05, 0.1) is 24.7 Å². The van der Waals surface area contributed by atoms with Crippen LogP contribution in [0.3, 0.4) is 0 Å². The highest BCUT2D eigenvalue weighted by Crippen LogP contribution is 2.39. The van der Waals surface area contributed by atoms with Gasteiger partial charge in [0.25, 0.3) is 6.33 Å². The maximum atomic E-state index is 9.75. The first-order valence-corrected chi connectivity index (χ1v) is 21.8. The average molecular weight is 943 g/mol. The summed E-state index contributed by atoms with van der Waals surface area (Å²) < 4.78 is 170. The Morgan fingerprint density at radius 2 is 1.33 bits per heavy atom. The summed E-state index contributed by atoms with van der Waals surface area (Å²) in [6.07, 6.45) is 3.53. The Balaban J connectivity index is 0.00000138. The number of aromatic nitrogens is 5. The number of nitrogens with zero attached hydrogens (tertiary/aromatic N) is 5. The van der Waals surface area contributed by atoms with E-state index in [4.69, 9.17) is 26.5 Å². The molecule has 0 fully saturated rings. The molecule has 344 valence electrons. The third-order valence-corrected chi connectivity index (χ3v) is 11.8. The van der Waals surface area contributed by atoms with Gasteiger partial charge in [0.15, 0.2) is 11.0 Å². The number of hydrogen-bond donors (Lipinski definition) is 0. The van der Waals surface area contributed by atoms with Crippen LogP contribution in [0.2, 0.25) is 0 Å². The van der Waals surface area contributed by atoms with E-state index in [1.54, 1.807) is 47.3 Å². The van der Waals surface area contributed by atoms with Gasteiger partial charge in [-0.1, -0.05) is 124 Å². The molecule has 5 heterocycles. The van der Waals surface area contributed by atoms with Crippen LogP contribution in [0.4, 0.5) is 17.3 Å². The van der Waals surface area contributed by atoms with Crippen LogP contribution < -0.4 is 9.30 Å². The molecule has 0 atom stereocenters. The molecule has 0 bridgehead atoms. The number of fused-ring (bicyclic) bond motifs is 7. The van der Waals surface area contributed by atoms with Crippen molar-refractivity contribution >= 4 is 62.2 Å². The molecule has 12 rings (SSSR count). The van der Waals surface area contributed by atoms with Crippen molar-refractivity contribution in [2.24, 2.45) is 0 Å². The summed E-state index contributed by atoms with van der Waals surface area (Å²) in [7, 11) is -6.00. The minimum atomic E-state index is -6.00. The van der Waals surface area contributed by atoms with Crippen molar-refractivity contribution in [3.63, 3.8) is 0 Å². The van der Waals surface area contributed by atoms with E-state index in [0.717, 1.165) is 33.2 Å².